The summed E-state index contributed by atoms with van der Waals surface area (Å²) >= 11 is 0. The largest absolute Gasteiger partial charge is 0.336 e. The molecule has 0 saturated heterocycles. The molecule has 1 amide bonds. The SMILES string of the molecule is Cc1c(CN(C)C(=O)c2ccn(Cn3nnc(-c4ccccc4)n3)n2)cnn1C. The van der Waals surface area contributed by atoms with Crippen LogP contribution in [0.3, 0.4) is 0 Å². The zero-order chi connectivity index (χ0) is 20.4. The number of tetrazole rings is 1. The topological polar surface area (TPSA) is 99.6 Å². The fourth-order valence-electron chi connectivity index (χ4n) is 2.91. The Hall–Kier alpha value is -3.82. The fourth-order valence-corrected chi connectivity index (χ4v) is 2.91. The number of carbonyl (C=O) groups is 1. The first-order valence-corrected chi connectivity index (χ1v) is 9.11. The minimum atomic E-state index is -0.163. The first-order chi connectivity index (χ1) is 14.0. The van der Waals surface area contributed by atoms with Crippen LogP contribution in [0.25, 0.3) is 11.4 Å². The van der Waals surface area contributed by atoms with Gasteiger partial charge in [-0.25, -0.2) is 4.68 Å². The molecular weight excluding hydrogens is 370 g/mol. The minimum absolute atomic E-state index is 0.163. The van der Waals surface area contributed by atoms with Crippen molar-refractivity contribution in [1.29, 1.82) is 0 Å². The Labute approximate surface area is 167 Å². The van der Waals surface area contributed by atoms with Crippen molar-refractivity contribution in [3.8, 4) is 11.4 Å². The van der Waals surface area contributed by atoms with E-state index >= 15 is 0 Å². The van der Waals surface area contributed by atoms with Crippen molar-refractivity contribution >= 4 is 5.91 Å². The molecule has 10 heteroatoms. The van der Waals surface area contributed by atoms with Crippen LogP contribution in [0.4, 0.5) is 0 Å². The van der Waals surface area contributed by atoms with Crippen LogP contribution < -0.4 is 0 Å². The second-order valence-electron chi connectivity index (χ2n) is 6.77. The van der Waals surface area contributed by atoms with Crippen molar-refractivity contribution in [2.45, 2.75) is 20.1 Å². The van der Waals surface area contributed by atoms with Crippen LogP contribution >= 0.6 is 0 Å². The summed E-state index contributed by atoms with van der Waals surface area (Å²) in [4.78, 5) is 15.8. The molecule has 3 heterocycles. The van der Waals surface area contributed by atoms with E-state index < -0.39 is 0 Å². The van der Waals surface area contributed by atoms with Gasteiger partial charge in [0.15, 0.2) is 6.67 Å². The van der Waals surface area contributed by atoms with Crippen LogP contribution in [-0.4, -0.2) is 57.6 Å². The predicted octanol–water partition coefficient (Wildman–Crippen LogP) is 1.36. The number of aromatic nitrogens is 8. The Balaban J connectivity index is 1.42. The van der Waals surface area contributed by atoms with E-state index in [1.807, 2.05) is 44.3 Å². The molecule has 10 nitrogen and oxygen atoms in total. The maximum absolute atomic E-state index is 12.7. The van der Waals surface area contributed by atoms with Gasteiger partial charge in [-0.15, -0.1) is 15.0 Å². The van der Waals surface area contributed by atoms with E-state index in [2.05, 4.69) is 25.6 Å². The van der Waals surface area contributed by atoms with Gasteiger partial charge < -0.3 is 4.90 Å². The molecule has 4 rings (SSSR count). The molecule has 0 unspecified atom stereocenters. The van der Waals surface area contributed by atoms with Crippen LogP contribution in [0.5, 0.6) is 0 Å². The molecule has 3 aromatic heterocycles. The maximum atomic E-state index is 12.7. The third kappa shape index (κ3) is 3.91. The minimum Gasteiger partial charge on any atom is -0.336 e. The molecular formula is C19H21N9O. The third-order valence-corrected chi connectivity index (χ3v) is 4.71. The first kappa shape index (κ1) is 18.5. The highest BCUT2D eigenvalue weighted by molar-refractivity contribution is 5.91. The summed E-state index contributed by atoms with van der Waals surface area (Å²) in [6.45, 7) is 2.71. The van der Waals surface area contributed by atoms with Crippen LogP contribution in [0.1, 0.15) is 21.7 Å². The first-order valence-electron chi connectivity index (χ1n) is 9.11. The standard InChI is InChI=1S/C19H21N9O/c1-14-16(11-20-26(14)3)12-25(2)19(29)17-9-10-27(22-17)13-28-23-18(21-24-28)15-7-5-4-6-8-15/h4-11H,12-13H2,1-3H3. The Morgan fingerprint density at radius 2 is 1.93 bits per heavy atom. The summed E-state index contributed by atoms with van der Waals surface area (Å²) in [5.74, 6) is 0.379. The number of hydrogen-bond acceptors (Lipinski definition) is 6. The molecule has 29 heavy (non-hydrogen) atoms. The number of amides is 1. The van der Waals surface area contributed by atoms with Gasteiger partial charge in [-0.1, -0.05) is 30.3 Å². The number of carbonyl (C=O) groups excluding carboxylic acids is 1. The Morgan fingerprint density at radius 3 is 2.66 bits per heavy atom. The van der Waals surface area contributed by atoms with Gasteiger partial charge in [0.1, 0.15) is 5.69 Å². The van der Waals surface area contributed by atoms with Crippen molar-refractivity contribution in [3.63, 3.8) is 0 Å². The second-order valence-corrected chi connectivity index (χ2v) is 6.77. The number of rotatable bonds is 6. The van der Waals surface area contributed by atoms with E-state index in [9.17, 15) is 4.79 Å². The van der Waals surface area contributed by atoms with Crippen LogP contribution in [0.2, 0.25) is 0 Å². The Kier molecular flexibility index (Phi) is 4.90. The lowest BCUT2D eigenvalue weighted by atomic mass is 10.2. The summed E-state index contributed by atoms with van der Waals surface area (Å²) in [6.07, 6.45) is 3.50. The van der Waals surface area contributed by atoms with Gasteiger partial charge in [0.25, 0.3) is 5.91 Å². The quantitative estimate of drug-likeness (QED) is 0.492. The molecule has 0 aliphatic carbocycles. The zero-order valence-electron chi connectivity index (χ0n) is 16.5. The van der Waals surface area contributed by atoms with E-state index in [1.54, 1.807) is 39.8 Å². The maximum Gasteiger partial charge on any atom is 0.274 e. The van der Waals surface area contributed by atoms with Gasteiger partial charge in [0.2, 0.25) is 5.82 Å². The van der Waals surface area contributed by atoms with E-state index in [4.69, 9.17) is 0 Å². The molecule has 0 aliphatic rings. The summed E-state index contributed by atoms with van der Waals surface area (Å²) in [5.41, 5.74) is 3.28. The van der Waals surface area contributed by atoms with Gasteiger partial charge in [0.05, 0.1) is 6.20 Å². The van der Waals surface area contributed by atoms with Crippen LogP contribution in [0.15, 0.2) is 48.8 Å². The molecule has 0 bridgehead atoms. The number of aryl methyl sites for hydroxylation is 1. The Bertz CT molecular complexity index is 1130. The molecule has 0 saturated carbocycles. The smallest absolute Gasteiger partial charge is 0.274 e. The lowest BCUT2D eigenvalue weighted by molar-refractivity contribution is 0.0778. The highest BCUT2D eigenvalue weighted by Gasteiger charge is 2.17. The summed E-state index contributed by atoms with van der Waals surface area (Å²) in [5, 5.41) is 21.1. The van der Waals surface area contributed by atoms with Crippen molar-refractivity contribution in [2.24, 2.45) is 7.05 Å². The van der Waals surface area contributed by atoms with Gasteiger partial charge in [0, 0.05) is 43.7 Å². The van der Waals surface area contributed by atoms with Crippen molar-refractivity contribution in [1.82, 2.24) is 44.7 Å². The van der Waals surface area contributed by atoms with E-state index in [0.717, 1.165) is 16.8 Å². The molecule has 4 aromatic rings. The molecule has 0 aliphatic heterocycles. The van der Waals surface area contributed by atoms with Gasteiger partial charge >= 0.3 is 0 Å². The highest BCUT2D eigenvalue weighted by atomic mass is 16.2. The average Bonchev–Trinajstić information content (AvgIpc) is 3.46. The third-order valence-electron chi connectivity index (χ3n) is 4.71. The van der Waals surface area contributed by atoms with E-state index in [-0.39, 0.29) is 12.6 Å². The molecule has 0 fully saturated rings. The van der Waals surface area contributed by atoms with Gasteiger partial charge in [-0.2, -0.15) is 10.2 Å². The van der Waals surface area contributed by atoms with Crippen LogP contribution in [-0.2, 0) is 20.3 Å². The molecule has 148 valence electrons. The summed E-state index contributed by atoms with van der Waals surface area (Å²) in [7, 11) is 3.63. The molecule has 0 radical (unpaired) electrons. The van der Waals surface area contributed by atoms with E-state index in [1.165, 1.54) is 4.80 Å². The van der Waals surface area contributed by atoms with Crippen molar-refractivity contribution in [2.75, 3.05) is 7.05 Å². The van der Waals surface area contributed by atoms with Gasteiger partial charge in [-0.3, -0.25) is 9.48 Å². The summed E-state index contributed by atoms with van der Waals surface area (Å²) in [6, 6.07) is 11.3. The number of nitrogens with zero attached hydrogens (tertiary/aromatic N) is 9. The zero-order valence-corrected chi connectivity index (χ0v) is 16.5. The highest BCUT2D eigenvalue weighted by Crippen LogP contribution is 2.12. The predicted molar refractivity (Wildman–Crippen MR) is 105 cm³/mol. The monoisotopic (exact) mass is 391 g/mol. The molecule has 1 aromatic carbocycles. The fraction of sp³-hybridized carbons (Fsp3) is 0.263. The Morgan fingerprint density at radius 1 is 1.14 bits per heavy atom. The van der Waals surface area contributed by atoms with Crippen molar-refractivity contribution < 1.29 is 4.79 Å². The van der Waals surface area contributed by atoms with Crippen LogP contribution in [0, 0.1) is 6.92 Å². The number of benzene rings is 1. The summed E-state index contributed by atoms with van der Waals surface area (Å²) < 4.78 is 3.39. The van der Waals surface area contributed by atoms with Gasteiger partial charge in [-0.05, 0) is 18.2 Å². The molecule has 0 atom stereocenters. The van der Waals surface area contributed by atoms with E-state index in [0.29, 0.717) is 18.1 Å². The molecule has 0 N–H and O–H groups in total. The lowest BCUT2D eigenvalue weighted by Gasteiger charge is -2.15. The normalized spacial score (nSPS) is 11.0. The lowest BCUT2D eigenvalue weighted by Crippen LogP contribution is -2.27. The number of hydrogen-bond donors (Lipinski definition) is 0. The average molecular weight is 391 g/mol. The second kappa shape index (κ2) is 7.66. The van der Waals surface area contributed by atoms with Crippen molar-refractivity contribution in [3.05, 3.63) is 65.7 Å². The molecule has 0 spiro atoms.